The smallest absolute Gasteiger partial charge is 0.205 e. The molecule has 0 saturated carbocycles. The zero-order chi connectivity index (χ0) is 14.4. The fourth-order valence-corrected chi connectivity index (χ4v) is 2.05. The van der Waals surface area contributed by atoms with Crippen molar-refractivity contribution >= 4 is 11.8 Å². The van der Waals surface area contributed by atoms with Gasteiger partial charge in [0.1, 0.15) is 0 Å². The van der Waals surface area contributed by atoms with Crippen molar-refractivity contribution in [1.82, 2.24) is 14.5 Å². The third-order valence-electron chi connectivity index (χ3n) is 3.06. The molecule has 106 valence electrons. The summed E-state index contributed by atoms with van der Waals surface area (Å²) >= 11 is 0. The van der Waals surface area contributed by atoms with E-state index in [0.29, 0.717) is 19.5 Å². The molecule has 0 aromatic carbocycles. The molecule has 0 aliphatic carbocycles. The number of amidine groups is 1. The number of nitrogens with two attached hydrogens (primary N) is 1. The summed E-state index contributed by atoms with van der Waals surface area (Å²) in [6.45, 7) is 4.32. The SMILES string of the molecule is CCn1ccnc1N(CCC(=N)N)Cc1cccnc1. The molecular weight excluding hydrogens is 252 g/mol. The van der Waals surface area contributed by atoms with E-state index < -0.39 is 0 Å². The molecular formula is C14H20N6. The van der Waals surface area contributed by atoms with Crippen molar-refractivity contribution in [2.75, 3.05) is 11.4 Å². The zero-order valence-electron chi connectivity index (χ0n) is 11.7. The summed E-state index contributed by atoms with van der Waals surface area (Å²) in [5.74, 6) is 1.09. The molecule has 2 rings (SSSR count). The van der Waals surface area contributed by atoms with E-state index in [2.05, 4.69) is 26.4 Å². The maximum Gasteiger partial charge on any atom is 0.205 e. The number of aryl methyl sites for hydroxylation is 1. The highest BCUT2D eigenvalue weighted by Gasteiger charge is 2.13. The topological polar surface area (TPSA) is 83.8 Å². The Balaban J connectivity index is 2.18. The van der Waals surface area contributed by atoms with E-state index in [1.165, 1.54) is 0 Å². The highest BCUT2D eigenvalue weighted by atomic mass is 15.3. The van der Waals surface area contributed by atoms with E-state index in [-0.39, 0.29) is 5.84 Å². The van der Waals surface area contributed by atoms with Gasteiger partial charge in [0.2, 0.25) is 5.95 Å². The van der Waals surface area contributed by atoms with Crippen LogP contribution in [-0.4, -0.2) is 26.9 Å². The van der Waals surface area contributed by atoms with E-state index in [9.17, 15) is 0 Å². The van der Waals surface area contributed by atoms with Crippen LogP contribution in [0.25, 0.3) is 0 Å². The summed E-state index contributed by atoms with van der Waals surface area (Å²) in [5, 5.41) is 7.40. The maximum atomic E-state index is 7.40. The molecule has 0 atom stereocenters. The van der Waals surface area contributed by atoms with Gasteiger partial charge in [-0.1, -0.05) is 6.07 Å². The molecule has 0 radical (unpaired) electrons. The van der Waals surface area contributed by atoms with E-state index in [0.717, 1.165) is 18.1 Å². The minimum absolute atomic E-state index is 0.191. The van der Waals surface area contributed by atoms with Crippen LogP contribution in [0.15, 0.2) is 36.9 Å². The number of rotatable bonds is 7. The predicted molar refractivity (Wildman–Crippen MR) is 79.7 cm³/mol. The van der Waals surface area contributed by atoms with Gasteiger partial charge in [-0.25, -0.2) is 4.98 Å². The highest BCUT2D eigenvalue weighted by Crippen LogP contribution is 2.15. The number of aromatic nitrogens is 3. The molecule has 0 fully saturated rings. The van der Waals surface area contributed by atoms with Crippen LogP contribution in [0.2, 0.25) is 0 Å². The molecule has 0 bridgehead atoms. The highest BCUT2D eigenvalue weighted by molar-refractivity contribution is 5.77. The number of hydrogen-bond donors (Lipinski definition) is 2. The number of imidazole rings is 1. The van der Waals surface area contributed by atoms with Crippen LogP contribution in [0.1, 0.15) is 18.9 Å². The normalized spacial score (nSPS) is 10.4. The number of pyridine rings is 1. The van der Waals surface area contributed by atoms with Crippen LogP contribution in [0.4, 0.5) is 5.95 Å². The molecule has 0 saturated heterocycles. The average Bonchev–Trinajstić information content (AvgIpc) is 2.92. The van der Waals surface area contributed by atoms with Crippen molar-refractivity contribution in [2.45, 2.75) is 26.4 Å². The fraction of sp³-hybridized carbons (Fsp3) is 0.357. The number of nitrogens with zero attached hydrogens (tertiary/aromatic N) is 4. The van der Waals surface area contributed by atoms with Crippen LogP contribution < -0.4 is 10.6 Å². The lowest BCUT2D eigenvalue weighted by Crippen LogP contribution is -2.29. The van der Waals surface area contributed by atoms with E-state index >= 15 is 0 Å². The molecule has 0 aliphatic rings. The summed E-state index contributed by atoms with van der Waals surface area (Å²) in [6.07, 6.45) is 7.88. The number of hydrogen-bond acceptors (Lipinski definition) is 4. The first kappa shape index (κ1) is 14.0. The first-order valence-corrected chi connectivity index (χ1v) is 6.68. The van der Waals surface area contributed by atoms with Gasteiger partial charge in [-0.15, -0.1) is 0 Å². The molecule has 0 aliphatic heterocycles. The lowest BCUT2D eigenvalue weighted by molar-refractivity contribution is 0.690. The van der Waals surface area contributed by atoms with Crippen LogP contribution in [0.5, 0.6) is 0 Å². The Morgan fingerprint density at radius 1 is 1.45 bits per heavy atom. The molecule has 2 heterocycles. The molecule has 0 spiro atoms. The Kier molecular flexibility index (Phi) is 4.70. The van der Waals surface area contributed by atoms with Gasteiger partial charge >= 0.3 is 0 Å². The molecule has 2 aromatic heterocycles. The first-order valence-electron chi connectivity index (χ1n) is 6.68. The largest absolute Gasteiger partial charge is 0.388 e. The van der Waals surface area contributed by atoms with Crippen molar-refractivity contribution in [3.63, 3.8) is 0 Å². The van der Waals surface area contributed by atoms with E-state index in [4.69, 9.17) is 11.1 Å². The molecule has 3 N–H and O–H groups in total. The Morgan fingerprint density at radius 2 is 2.30 bits per heavy atom. The van der Waals surface area contributed by atoms with Gasteiger partial charge in [-0.3, -0.25) is 10.4 Å². The van der Waals surface area contributed by atoms with Gasteiger partial charge in [-0.05, 0) is 18.6 Å². The third-order valence-corrected chi connectivity index (χ3v) is 3.06. The lowest BCUT2D eigenvalue weighted by Gasteiger charge is -2.24. The average molecular weight is 272 g/mol. The van der Waals surface area contributed by atoms with Gasteiger partial charge in [0, 0.05) is 50.8 Å². The van der Waals surface area contributed by atoms with Crippen molar-refractivity contribution in [3.8, 4) is 0 Å². The monoisotopic (exact) mass is 272 g/mol. The van der Waals surface area contributed by atoms with Gasteiger partial charge < -0.3 is 15.2 Å². The maximum absolute atomic E-state index is 7.40. The molecule has 6 heteroatoms. The Hall–Kier alpha value is -2.37. The van der Waals surface area contributed by atoms with Crippen molar-refractivity contribution in [3.05, 3.63) is 42.5 Å². The summed E-state index contributed by atoms with van der Waals surface area (Å²) in [5.41, 5.74) is 6.59. The van der Waals surface area contributed by atoms with E-state index in [1.54, 1.807) is 12.4 Å². The second-order valence-electron chi connectivity index (χ2n) is 4.57. The molecule has 6 nitrogen and oxygen atoms in total. The van der Waals surface area contributed by atoms with Crippen molar-refractivity contribution in [2.24, 2.45) is 5.73 Å². The van der Waals surface area contributed by atoms with Crippen LogP contribution >= 0.6 is 0 Å². The van der Waals surface area contributed by atoms with Crippen LogP contribution in [0, 0.1) is 5.41 Å². The molecule has 2 aromatic rings. The standard InChI is InChI=1S/C14H20N6/c1-2-19-9-7-18-14(19)20(8-5-13(15)16)11-12-4-3-6-17-10-12/h3-4,6-7,9-10H,2,5,8,11H2,1H3,(H3,15,16). The summed E-state index contributed by atoms with van der Waals surface area (Å²) in [4.78, 5) is 10.7. The zero-order valence-corrected chi connectivity index (χ0v) is 11.7. The van der Waals surface area contributed by atoms with Gasteiger partial charge in [0.15, 0.2) is 0 Å². The van der Waals surface area contributed by atoms with Crippen molar-refractivity contribution < 1.29 is 0 Å². The Morgan fingerprint density at radius 3 is 2.95 bits per heavy atom. The van der Waals surface area contributed by atoms with Crippen molar-refractivity contribution in [1.29, 1.82) is 5.41 Å². The molecule has 20 heavy (non-hydrogen) atoms. The molecule has 0 unspecified atom stereocenters. The lowest BCUT2D eigenvalue weighted by atomic mass is 10.2. The van der Waals surface area contributed by atoms with Gasteiger partial charge in [-0.2, -0.15) is 0 Å². The second-order valence-corrected chi connectivity index (χ2v) is 4.57. The minimum atomic E-state index is 0.191. The van der Waals surface area contributed by atoms with Crippen LogP contribution in [0.3, 0.4) is 0 Å². The molecule has 0 amide bonds. The Labute approximate surface area is 118 Å². The second kappa shape index (κ2) is 6.70. The third kappa shape index (κ3) is 3.57. The van der Waals surface area contributed by atoms with E-state index in [1.807, 2.05) is 24.5 Å². The summed E-state index contributed by atoms with van der Waals surface area (Å²) in [6, 6.07) is 3.96. The van der Waals surface area contributed by atoms with Crippen LogP contribution in [-0.2, 0) is 13.1 Å². The quantitative estimate of drug-likeness (QED) is 0.592. The summed E-state index contributed by atoms with van der Waals surface area (Å²) < 4.78 is 2.08. The number of nitrogens with one attached hydrogen (secondary N) is 1. The minimum Gasteiger partial charge on any atom is -0.388 e. The fourth-order valence-electron chi connectivity index (χ4n) is 2.05. The van der Waals surface area contributed by atoms with Gasteiger partial charge in [0.05, 0.1) is 5.84 Å². The van der Waals surface area contributed by atoms with Gasteiger partial charge in [0.25, 0.3) is 0 Å². The first-order chi connectivity index (χ1) is 9.70. The Bertz CT molecular complexity index is 548. The summed E-state index contributed by atoms with van der Waals surface area (Å²) in [7, 11) is 0. The number of anilines is 1. The predicted octanol–water partition coefficient (Wildman–Crippen LogP) is 1.63.